The highest BCUT2D eigenvalue weighted by molar-refractivity contribution is 5.76. The number of ether oxygens (including phenoxy) is 1. The number of esters is 1. The van der Waals surface area contributed by atoms with Crippen molar-refractivity contribution in [2.45, 2.75) is 392 Å². The number of carbonyl (C=O) groups is 2. The Bertz CT molecular complexity index is 1170. The van der Waals surface area contributed by atoms with E-state index in [2.05, 4.69) is 31.3 Å². The van der Waals surface area contributed by atoms with Crippen molar-refractivity contribution in [3.8, 4) is 0 Å². The first-order valence-corrected chi connectivity index (χ1v) is 34.1. The molecule has 0 aromatic heterocycles. The van der Waals surface area contributed by atoms with Gasteiger partial charge < -0.3 is 20.3 Å². The molecule has 0 aliphatic heterocycles. The van der Waals surface area contributed by atoms with Crippen molar-refractivity contribution in [1.29, 1.82) is 0 Å². The predicted octanol–water partition coefficient (Wildman–Crippen LogP) is 21.8. The molecule has 0 saturated carbocycles. The Kier molecular flexibility index (Phi) is 63.4. The summed E-state index contributed by atoms with van der Waals surface area (Å²) in [5, 5.41) is 23.1. The molecule has 0 bridgehead atoms. The molecule has 444 valence electrons. The smallest absolute Gasteiger partial charge is 0.305 e. The standard InChI is InChI=1S/C69H133NO5/c1-3-5-7-9-11-13-15-17-19-20-27-31-35-39-43-47-51-55-59-63-69(74)75-64-60-56-52-48-44-40-36-32-29-26-24-22-21-23-25-28-30-34-38-42-46-50-54-58-62-68(73)70-66(65-71)67(72)61-57-53-49-45-41-37-33-18-16-14-12-10-8-6-4-2/h23,25,57,61,66-67,71-72H,3-22,24,26-56,58-60,62-65H2,1-2H3,(H,70,73)/b25-23-,61-57+. The zero-order valence-electron chi connectivity index (χ0n) is 50.8. The van der Waals surface area contributed by atoms with Crippen LogP contribution in [0, 0.1) is 0 Å². The van der Waals surface area contributed by atoms with Gasteiger partial charge in [-0.1, -0.05) is 334 Å². The lowest BCUT2D eigenvalue weighted by Gasteiger charge is -2.20. The molecule has 0 aliphatic carbocycles. The molecule has 1 amide bonds. The summed E-state index contributed by atoms with van der Waals surface area (Å²) in [7, 11) is 0. The van der Waals surface area contributed by atoms with Crippen LogP contribution in [0.5, 0.6) is 0 Å². The Hall–Kier alpha value is -1.66. The van der Waals surface area contributed by atoms with E-state index >= 15 is 0 Å². The summed E-state index contributed by atoms with van der Waals surface area (Å²) in [5.74, 6) is -0.0529. The van der Waals surface area contributed by atoms with Gasteiger partial charge in [-0.15, -0.1) is 0 Å². The number of amides is 1. The van der Waals surface area contributed by atoms with Gasteiger partial charge in [0.15, 0.2) is 0 Å². The van der Waals surface area contributed by atoms with Crippen LogP contribution in [0.1, 0.15) is 380 Å². The van der Waals surface area contributed by atoms with Crippen molar-refractivity contribution in [3.63, 3.8) is 0 Å². The van der Waals surface area contributed by atoms with Gasteiger partial charge in [-0.25, -0.2) is 0 Å². The summed E-state index contributed by atoms with van der Waals surface area (Å²) in [4.78, 5) is 24.6. The number of unbranched alkanes of at least 4 members (excludes halogenated alkanes) is 51. The molecule has 2 unspecified atom stereocenters. The molecule has 0 radical (unpaired) electrons. The first kappa shape index (κ1) is 73.3. The van der Waals surface area contributed by atoms with Gasteiger partial charge in [0, 0.05) is 12.8 Å². The fourth-order valence-corrected chi connectivity index (χ4v) is 10.7. The summed E-state index contributed by atoms with van der Waals surface area (Å²) in [5.41, 5.74) is 0. The summed E-state index contributed by atoms with van der Waals surface area (Å²) >= 11 is 0. The van der Waals surface area contributed by atoms with E-state index in [-0.39, 0.29) is 18.5 Å². The lowest BCUT2D eigenvalue weighted by atomic mass is 10.0. The van der Waals surface area contributed by atoms with E-state index in [1.165, 1.54) is 315 Å². The monoisotopic (exact) mass is 1060 g/mol. The number of carbonyl (C=O) groups excluding carboxylic acids is 2. The molecule has 0 fully saturated rings. The number of rotatable bonds is 64. The third kappa shape index (κ3) is 61.4. The van der Waals surface area contributed by atoms with Crippen LogP contribution < -0.4 is 5.32 Å². The minimum absolute atomic E-state index is 0.0174. The molecule has 0 aliphatic rings. The molecule has 75 heavy (non-hydrogen) atoms. The lowest BCUT2D eigenvalue weighted by molar-refractivity contribution is -0.143. The average molecular weight is 1060 g/mol. The molecule has 6 heteroatoms. The Morgan fingerprint density at radius 3 is 0.947 bits per heavy atom. The van der Waals surface area contributed by atoms with Gasteiger partial charge in [0.05, 0.1) is 25.4 Å². The second-order valence-corrected chi connectivity index (χ2v) is 23.5. The highest BCUT2D eigenvalue weighted by Gasteiger charge is 2.18. The molecule has 0 aromatic rings. The molecule has 0 rings (SSSR count). The summed E-state index contributed by atoms with van der Waals surface area (Å²) < 4.78 is 5.51. The molecule has 3 N–H and O–H groups in total. The average Bonchev–Trinajstić information content (AvgIpc) is 3.41. The van der Waals surface area contributed by atoms with Crippen molar-refractivity contribution >= 4 is 11.9 Å². The molecule has 0 spiro atoms. The van der Waals surface area contributed by atoms with E-state index in [1.54, 1.807) is 6.08 Å². The zero-order valence-corrected chi connectivity index (χ0v) is 50.8. The molecule has 0 aromatic carbocycles. The van der Waals surface area contributed by atoms with Crippen molar-refractivity contribution in [2.75, 3.05) is 13.2 Å². The maximum absolute atomic E-state index is 12.5. The van der Waals surface area contributed by atoms with Crippen LogP contribution >= 0.6 is 0 Å². The Morgan fingerprint density at radius 2 is 0.627 bits per heavy atom. The maximum atomic E-state index is 12.5. The highest BCUT2D eigenvalue weighted by atomic mass is 16.5. The normalized spacial score (nSPS) is 12.6. The van der Waals surface area contributed by atoms with E-state index in [4.69, 9.17) is 4.74 Å². The number of nitrogens with one attached hydrogen (secondary N) is 1. The highest BCUT2D eigenvalue weighted by Crippen LogP contribution is 2.18. The fraction of sp³-hybridized carbons (Fsp3) is 0.913. The van der Waals surface area contributed by atoms with Crippen LogP contribution in [-0.4, -0.2) is 47.4 Å². The second kappa shape index (κ2) is 64.9. The van der Waals surface area contributed by atoms with Gasteiger partial charge in [-0.3, -0.25) is 9.59 Å². The minimum Gasteiger partial charge on any atom is -0.466 e. The molecule has 0 saturated heterocycles. The maximum Gasteiger partial charge on any atom is 0.305 e. The Labute approximate surface area is 469 Å². The summed E-state index contributed by atoms with van der Waals surface area (Å²) in [6.07, 6.45) is 81.0. The van der Waals surface area contributed by atoms with E-state index in [9.17, 15) is 19.8 Å². The first-order valence-electron chi connectivity index (χ1n) is 34.1. The molecule has 6 nitrogen and oxygen atoms in total. The van der Waals surface area contributed by atoms with Crippen LogP contribution in [0.2, 0.25) is 0 Å². The first-order chi connectivity index (χ1) is 37.0. The van der Waals surface area contributed by atoms with Gasteiger partial charge in [0.2, 0.25) is 5.91 Å². The number of allylic oxidation sites excluding steroid dienone is 3. The SMILES string of the molecule is CCCCCCCCCCCCCCC/C=C/C(O)C(CO)NC(=O)CCCCCCCCCC/C=C\CCCCCCCCCCCCCCOC(=O)CCCCCCCCCCCCCCCCCCCCC. The van der Waals surface area contributed by atoms with Gasteiger partial charge in [0.1, 0.15) is 0 Å². The van der Waals surface area contributed by atoms with E-state index < -0.39 is 12.1 Å². The topological polar surface area (TPSA) is 95.9 Å². The summed E-state index contributed by atoms with van der Waals surface area (Å²) in [6, 6.07) is -0.631. The van der Waals surface area contributed by atoms with Crippen LogP contribution in [0.25, 0.3) is 0 Å². The lowest BCUT2D eigenvalue weighted by Crippen LogP contribution is -2.45. The third-order valence-electron chi connectivity index (χ3n) is 16.0. The van der Waals surface area contributed by atoms with Crippen molar-refractivity contribution < 1.29 is 24.5 Å². The number of hydrogen-bond acceptors (Lipinski definition) is 5. The number of aliphatic hydroxyl groups excluding tert-OH is 2. The quantitative estimate of drug-likeness (QED) is 0.0320. The molecular weight excluding hydrogens is 923 g/mol. The number of hydrogen-bond donors (Lipinski definition) is 3. The van der Waals surface area contributed by atoms with Gasteiger partial charge in [-0.2, -0.15) is 0 Å². The molecular formula is C69H133NO5. The van der Waals surface area contributed by atoms with Gasteiger partial charge >= 0.3 is 5.97 Å². The van der Waals surface area contributed by atoms with Crippen LogP contribution in [0.15, 0.2) is 24.3 Å². The van der Waals surface area contributed by atoms with Crippen LogP contribution in [-0.2, 0) is 14.3 Å². The van der Waals surface area contributed by atoms with Crippen LogP contribution in [0.3, 0.4) is 0 Å². The van der Waals surface area contributed by atoms with Gasteiger partial charge in [-0.05, 0) is 57.8 Å². The second-order valence-electron chi connectivity index (χ2n) is 23.5. The minimum atomic E-state index is -0.847. The Morgan fingerprint density at radius 1 is 0.360 bits per heavy atom. The van der Waals surface area contributed by atoms with E-state index in [1.807, 2.05) is 6.08 Å². The van der Waals surface area contributed by atoms with Crippen molar-refractivity contribution in [1.82, 2.24) is 5.32 Å². The van der Waals surface area contributed by atoms with E-state index in [0.29, 0.717) is 19.4 Å². The molecule has 2 atom stereocenters. The van der Waals surface area contributed by atoms with Crippen molar-refractivity contribution in [2.24, 2.45) is 0 Å². The number of aliphatic hydroxyl groups is 2. The Balaban J connectivity index is 3.39. The van der Waals surface area contributed by atoms with Crippen molar-refractivity contribution in [3.05, 3.63) is 24.3 Å². The predicted molar refractivity (Wildman–Crippen MR) is 329 cm³/mol. The zero-order chi connectivity index (χ0) is 54.3. The largest absolute Gasteiger partial charge is 0.466 e. The van der Waals surface area contributed by atoms with E-state index in [0.717, 1.165) is 38.5 Å². The van der Waals surface area contributed by atoms with Crippen LogP contribution in [0.4, 0.5) is 0 Å². The summed E-state index contributed by atoms with van der Waals surface area (Å²) in [6.45, 7) is 4.93. The fourth-order valence-electron chi connectivity index (χ4n) is 10.7. The third-order valence-corrected chi connectivity index (χ3v) is 16.0. The van der Waals surface area contributed by atoms with Gasteiger partial charge in [0.25, 0.3) is 0 Å². The molecule has 0 heterocycles.